The molecule has 2 rings (SSSR count). The van der Waals surface area contributed by atoms with Gasteiger partial charge in [0.15, 0.2) is 5.60 Å². The summed E-state index contributed by atoms with van der Waals surface area (Å²) in [4.78, 5) is 32.5. The quantitative estimate of drug-likeness (QED) is 0.504. The molecule has 100 valence electrons. The predicted octanol–water partition coefficient (Wildman–Crippen LogP) is -0.257. The molecule has 0 saturated carbocycles. The van der Waals surface area contributed by atoms with E-state index in [2.05, 4.69) is 4.74 Å². The normalized spacial score (nSPS) is 27.3. The van der Waals surface area contributed by atoms with Gasteiger partial charge in [0.2, 0.25) is 12.4 Å². The lowest BCUT2D eigenvalue weighted by Crippen LogP contribution is -2.68. The lowest BCUT2D eigenvalue weighted by molar-refractivity contribution is -0.334. The highest BCUT2D eigenvalue weighted by atomic mass is 16.9. The first kappa shape index (κ1) is 12.6. The largest absolute Gasteiger partial charge is 0.511 e. The number of hydrogen-bond acceptors (Lipinski definition) is 8. The van der Waals surface area contributed by atoms with Gasteiger partial charge in [-0.2, -0.15) is 0 Å². The summed E-state index contributed by atoms with van der Waals surface area (Å²) in [7, 11) is 0. The number of rotatable bonds is 4. The molecule has 0 spiro atoms. The van der Waals surface area contributed by atoms with Crippen LogP contribution in [0, 0.1) is 0 Å². The molecule has 2 saturated heterocycles. The van der Waals surface area contributed by atoms with E-state index in [1.165, 1.54) is 13.8 Å². The molecule has 2 aliphatic rings. The summed E-state index contributed by atoms with van der Waals surface area (Å²) in [5.74, 6) is -1.04. The predicted molar refractivity (Wildman–Crippen MR) is 52.2 cm³/mol. The monoisotopic (exact) mass is 260 g/mol. The van der Waals surface area contributed by atoms with Crippen LogP contribution >= 0.6 is 0 Å². The van der Waals surface area contributed by atoms with Crippen molar-refractivity contribution in [1.29, 1.82) is 0 Å². The van der Waals surface area contributed by atoms with Crippen LogP contribution in [0.2, 0.25) is 0 Å². The lowest BCUT2D eigenvalue weighted by Gasteiger charge is -2.45. The van der Waals surface area contributed by atoms with Gasteiger partial charge in [0, 0.05) is 13.8 Å². The summed E-state index contributed by atoms with van der Waals surface area (Å²) in [6.07, 6.45) is -2.45. The maximum atomic E-state index is 10.9. The van der Waals surface area contributed by atoms with Crippen molar-refractivity contribution in [1.82, 2.24) is 0 Å². The van der Waals surface area contributed by atoms with E-state index in [9.17, 15) is 14.4 Å². The number of fused-ring (bicyclic) bond motifs is 1. The molecule has 18 heavy (non-hydrogen) atoms. The zero-order valence-corrected chi connectivity index (χ0v) is 9.83. The van der Waals surface area contributed by atoms with Crippen molar-refractivity contribution in [2.45, 2.75) is 31.8 Å². The van der Waals surface area contributed by atoms with Gasteiger partial charge in [0.05, 0.1) is 0 Å². The molecule has 8 nitrogen and oxygen atoms in total. The second-order valence-corrected chi connectivity index (χ2v) is 4.02. The van der Waals surface area contributed by atoms with Crippen molar-refractivity contribution < 1.29 is 38.1 Å². The van der Waals surface area contributed by atoms with Gasteiger partial charge in [-0.1, -0.05) is 0 Å². The average Bonchev–Trinajstić information content (AvgIpc) is 2.56. The highest BCUT2D eigenvalue weighted by molar-refractivity contribution is 5.67. The fourth-order valence-corrected chi connectivity index (χ4v) is 1.73. The molecular weight excluding hydrogens is 248 g/mol. The second-order valence-electron chi connectivity index (χ2n) is 4.02. The maximum Gasteiger partial charge on any atom is 0.511 e. The zero-order valence-electron chi connectivity index (χ0n) is 9.83. The Balaban J connectivity index is 2.02. The molecule has 0 aromatic carbocycles. The summed E-state index contributed by atoms with van der Waals surface area (Å²) in [5, 5.41) is 0. The smallest absolute Gasteiger partial charge is 0.462 e. The van der Waals surface area contributed by atoms with E-state index < -0.39 is 36.1 Å². The van der Waals surface area contributed by atoms with E-state index in [0.717, 1.165) is 0 Å². The first-order valence-corrected chi connectivity index (χ1v) is 5.25. The van der Waals surface area contributed by atoms with E-state index in [1.54, 1.807) is 0 Å². The van der Waals surface area contributed by atoms with Gasteiger partial charge in [-0.25, -0.2) is 4.79 Å². The molecule has 2 fully saturated rings. The van der Waals surface area contributed by atoms with Gasteiger partial charge < -0.3 is 23.7 Å². The van der Waals surface area contributed by atoms with Crippen LogP contribution in [-0.4, -0.2) is 49.3 Å². The van der Waals surface area contributed by atoms with Crippen LogP contribution in [0.3, 0.4) is 0 Å². The van der Waals surface area contributed by atoms with Crippen LogP contribution in [0.4, 0.5) is 4.79 Å². The van der Waals surface area contributed by atoms with Crippen LogP contribution < -0.4 is 0 Å². The van der Waals surface area contributed by atoms with Gasteiger partial charge >= 0.3 is 18.1 Å². The average molecular weight is 260 g/mol. The molecule has 0 aliphatic carbocycles. The van der Waals surface area contributed by atoms with Gasteiger partial charge in [0.25, 0.3) is 0 Å². The van der Waals surface area contributed by atoms with E-state index in [4.69, 9.17) is 18.9 Å². The highest BCUT2D eigenvalue weighted by Gasteiger charge is 2.65. The molecule has 0 radical (unpaired) electrons. The van der Waals surface area contributed by atoms with E-state index in [-0.39, 0.29) is 13.2 Å². The van der Waals surface area contributed by atoms with Crippen molar-refractivity contribution >= 4 is 18.1 Å². The maximum absolute atomic E-state index is 10.9. The van der Waals surface area contributed by atoms with Crippen LogP contribution in [0.1, 0.15) is 13.8 Å². The Morgan fingerprint density at radius 2 is 1.72 bits per heavy atom. The third-order valence-corrected chi connectivity index (χ3v) is 2.59. The molecule has 2 aliphatic heterocycles. The number of esters is 2. The Morgan fingerprint density at radius 3 is 2.17 bits per heavy atom. The molecule has 0 aromatic heterocycles. The summed E-state index contributed by atoms with van der Waals surface area (Å²) >= 11 is 0. The minimum absolute atomic E-state index is 0.187. The molecule has 8 heteroatoms. The number of hydrogen-bond donors (Lipinski definition) is 0. The van der Waals surface area contributed by atoms with Crippen LogP contribution in [0.15, 0.2) is 0 Å². The Hall–Kier alpha value is -1.83. The van der Waals surface area contributed by atoms with Crippen molar-refractivity contribution in [3.8, 4) is 0 Å². The Bertz CT molecular complexity index is 371. The second kappa shape index (κ2) is 4.45. The first-order chi connectivity index (χ1) is 8.43. The van der Waals surface area contributed by atoms with Gasteiger partial charge in [-0.3, -0.25) is 9.59 Å². The third-order valence-electron chi connectivity index (χ3n) is 2.59. The standard InChI is InChI=1S/C10H12O8/c1-5(11)14-3-10(4-15-6(2)12)7-8(18-10)17-9(13)16-7/h7-8H,3-4H2,1-2H3. The van der Waals surface area contributed by atoms with Crippen molar-refractivity contribution in [3.63, 3.8) is 0 Å². The third kappa shape index (κ3) is 2.23. The summed E-state index contributed by atoms with van der Waals surface area (Å²) in [5.41, 5.74) is -1.19. The molecule has 0 bridgehead atoms. The molecular formula is C10H12O8. The SMILES string of the molecule is CC(=O)OCC1(COC(C)=O)OC2OC(=O)OC21. The summed E-state index contributed by atoms with van der Waals surface area (Å²) in [6.45, 7) is 2.08. The fraction of sp³-hybridized carbons (Fsp3) is 0.700. The Morgan fingerprint density at radius 1 is 1.17 bits per heavy atom. The minimum Gasteiger partial charge on any atom is -0.462 e. The van der Waals surface area contributed by atoms with E-state index in [0.29, 0.717) is 0 Å². The van der Waals surface area contributed by atoms with Gasteiger partial charge in [0.1, 0.15) is 13.2 Å². The molecule has 2 heterocycles. The summed E-state index contributed by atoms with van der Waals surface area (Å²) in [6, 6.07) is 0. The number of carbonyl (C=O) groups is 3. The molecule has 2 unspecified atom stereocenters. The molecule has 0 N–H and O–H groups in total. The van der Waals surface area contributed by atoms with E-state index in [1.807, 2.05) is 0 Å². The van der Waals surface area contributed by atoms with Gasteiger partial charge in [-0.05, 0) is 0 Å². The molecule has 0 aromatic rings. The van der Waals surface area contributed by atoms with Crippen LogP contribution in [-0.2, 0) is 33.3 Å². The van der Waals surface area contributed by atoms with Crippen LogP contribution in [0.25, 0.3) is 0 Å². The van der Waals surface area contributed by atoms with E-state index >= 15 is 0 Å². The zero-order chi connectivity index (χ0) is 13.3. The van der Waals surface area contributed by atoms with Crippen LogP contribution in [0.5, 0.6) is 0 Å². The fourth-order valence-electron chi connectivity index (χ4n) is 1.73. The Kier molecular flexibility index (Phi) is 3.12. The lowest BCUT2D eigenvalue weighted by atomic mass is 9.91. The number of carbonyl (C=O) groups excluding carboxylic acids is 3. The Labute approximate surface area is 102 Å². The number of ether oxygens (including phenoxy) is 5. The molecule has 2 atom stereocenters. The van der Waals surface area contributed by atoms with Gasteiger partial charge in [-0.15, -0.1) is 0 Å². The molecule has 0 amide bonds. The topological polar surface area (TPSA) is 97.4 Å². The highest BCUT2D eigenvalue weighted by Crippen LogP contribution is 2.41. The first-order valence-electron chi connectivity index (χ1n) is 5.25. The van der Waals surface area contributed by atoms with Crippen molar-refractivity contribution in [3.05, 3.63) is 0 Å². The minimum atomic E-state index is -1.19. The summed E-state index contributed by atoms with van der Waals surface area (Å²) < 4.78 is 24.5. The van der Waals surface area contributed by atoms with Crippen molar-refractivity contribution in [2.75, 3.05) is 13.2 Å². The van der Waals surface area contributed by atoms with Crippen molar-refractivity contribution in [2.24, 2.45) is 0 Å².